The lowest BCUT2D eigenvalue weighted by Gasteiger charge is -2.33. The van der Waals surface area contributed by atoms with Crippen molar-refractivity contribution in [3.63, 3.8) is 0 Å². The van der Waals surface area contributed by atoms with Crippen molar-refractivity contribution in [1.82, 2.24) is 4.90 Å². The summed E-state index contributed by atoms with van der Waals surface area (Å²) in [6.45, 7) is 2.84. The molecule has 2 atom stereocenters. The van der Waals surface area contributed by atoms with Gasteiger partial charge in [0.15, 0.2) is 0 Å². The summed E-state index contributed by atoms with van der Waals surface area (Å²) in [6.07, 6.45) is -0.324. The lowest BCUT2D eigenvalue weighted by Crippen LogP contribution is -2.51. The van der Waals surface area contributed by atoms with Gasteiger partial charge in [0.25, 0.3) is 5.91 Å². The molecule has 11 heavy (non-hydrogen) atoms. The quantitative estimate of drug-likeness (QED) is 0.543. The molecule has 1 rings (SSSR count). The highest BCUT2D eigenvalue weighted by Gasteiger charge is 2.28. The molecule has 1 saturated heterocycles. The van der Waals surface area contributed by atoms with Crippen LogP contribution < -0.4 is 5.73 Å². The molecular formula is C7H14N2O2. The predicted molar refractivity (Wildman–Crippen MR) is 41.0 cm³/mol. The van der Waals surface area contributed by atoms with Gasteiger partial charge in [-0.25, -0.2) is 0 Å². The highest BCUT2D eigenvalue weighted by molar-refractivity contribution is 5.80. The second-order valence-corrected chi connectivity index (χ2v) is 2.85. The van der Waals surface area contributed by atoms with Gasteiger partial charge in [-0.15, -0.1) is 0 Å². The molecule has 0 aromatic rings. The van der Waals surface area contributed by atoms with E-state index >= 15 is 0 Å². The zero-order valence-corrected chi connectivity index (χ0v) is 6.91. The van der Waals surface area contributed by atoms with Crippen molar-refractivity contribution >= 4 is 5.91 Å². The van der Waals surface area contributed by atoms with Crippen LogP contribution in [0.4, 0.5) is 0 Å². The molecule has 1 aliphatic heterocycles. The highest BCUT2D eigenvalue weighted by Crippen LogP contribution is 2.09. The summed E-state index contributed by atoms with van der Waals surface area (Å²) < 4.78 is 5.30. The standard InChI is InChI=1S/C7H14N2O2/c1-5-7(10)9(2)4-6(3-8)11-5/h5-6H,3-4,8H2,1-2H3/t5-,6+/m0/s1. The number of likely N-dealkylation sites (N-methyl/N-ethyl adjacent to an activating group) is 1. The van der Waals surface area contributed by atoms with Crippen molar-refractivity contribution in [3.05, 3.63) is 0 Å². The highest BCUT2D eigenvalue weighted by atomic mass is 16.5. The topological polar surface area (TPSA) is 55.6 Å². The lowest BCUT2D eigenvalue weighted by molar-refractivity contribution is -0.156. The second kappa shape index (κ2) is 3.19. The predicted octanol–water partition coefficient (Wildman–Crippen LogP) is -0.809. The zero-order chi connectivity index (χ0) is 8.43. The molecule has 64 valence electrons. The largest absolute Gasteiger partial charge is 0.362 e. The van der Waals surface area contributed by atoms with E-state index < -0.39 is 0 Å². The monoisotopic (exact) mass is 158 g/mol. The van der Waals surface area contributed by atoms with E-state index in [2.05, 4.69) is 0 Å². The lowest BCUT2D eigenvalue weighted by atomic mass is 10.2. The van der Waals surface area contributed by atoms with Gasteiger partial charge in [0.1, 0.15) is 6.10 Å². The molecule has 2 N–H and O–H groups in total. The number of hydrogen-bond donors (Lipinski definition) is 1. The average molecular weight is 158 g/mol. The Morgan fingerprint density at radius 1 is 1.82 bits per heavy atom. The number of hydrogen-bond acceptors (Lipinski definition) is 3. The van der Waals surface area contributed by atoms with Gasteiger partial charge in [0, 0.05) is 20.1 Å². The third-order valence-electron chi connectivity index (χ3n) is 1.86. The molecule has 1 fully saturated rings. The van der Waals surface area contributed by atoms with Gasteiger partial charge in [-0.2, -0.15) is 0 Å². The van der Waals surface area contributed by atoms with Crippen molar-refractivity contribution in [2.24, 2.45) is 5.73 Å². The summed E-state index contributed by atoms with van der Waals surface area (Å²) in [6, 6.07) is 0. The summed E-state index contributed by atoms with van der Waals surface area (Å²) in [4.78, 5) is 12.8. The maximum atomic E-state index is 11.1. The molecule has 0 bridgehead atoms. The molecule has 0 aliphatic carbocycles. The molecule has 0 aromatic carbocycles. The van der Waals surface area contributed by atoms with Gasteiger partial charge in [0.2, 0.25) is 0 Å². The Hall–Kier alpha value is -0.610. The van der Waals surface area contributed by atoms with Crippen LogP contribution in [0.5, 0.6) is 0 Å². The fourth-order valence-corrected chi connectivity index (χ4v) is 1.23. The third-order valence-corrected chi connectivity index (χ3v) is 1.86. The molecule has 1 amide bonds. The van der Waals surface area contributed by atoms with Gasteiger partial charge in [-0.05, 0) is 6.92 Å². The Labute approximate surface area is 66.3 Å². The van der Waals surface area contributed by atoms with Gasteiger partial charge in [0.05, 0.1) is 6.10 Å². The third kappa shape index (κ3) is 1.70. The van der Waals surface area contributed by atoms with Gasteiger partial charge >= 0.3 is 0 Å². The van der Waals surface area contributed by atoms with Gasteiger partial charge < -0.3 is 15.4 Å². The summed E-state index contributed by atoms with van der Waals surface area (Å²) in [7, 11) is 1.77. The molecule has 4 nitrogen and oxygen atoms in total. The fraction of sp³-hybridized carbons (Fsp3) is 0.857. The molecule has 1 aliphatic rings. The Balaban J connectivity index is 2.54. The second-order valence-electron chi connectivity index (χ2n) is 2.85. The SMILES string of the molecule is C[C@@H]1O[C@H](CN)CN(C)C1=O. The van der Waals surface area contributed by atoms with E-state index in [0.29, 0.717) is 13.1 Å². The van der Waals surface area contributed by atoms with Crippen molar-refractivity contribution in [1.29, 1.82) is 0 Å². The van der Waals surface area contributed by atoms with E-state index in [0.717, 1.165) is 0 Å². The van der Waals surface area contributed by atoms with E-state index in [9.17, 15) is 4.79 Å². The minimum atomic E-state index is -0.331. The Bertz CT molecular complexity index is 147. The maximum absolute atomic E-state index is 11.1. The zero-order valence-electron chi connectivity index (χ0n) is 6.91. The molecule has 0 unspecified atom stereocenters. The van der Waals surface area contributed by atoms with Crippen LogP contribution in [0.1, 0.15) is 6.92 Å². The van der Waals surface area contributed by atoms with Crippen molar-refractivity contribution in [2.45, 2.75) is 19.1 Å². The number of carbonyl (C=O) groups excluding carboxylic acids is 1. The number of ether oxygens (including phenoxy) is 1. The fourth-order valence-electron chi connectivity index (χ4n) is 1.23. The van der Waals surface area contributed by atoms with Crippen LogP contribution in [-0.4, -0.2) is 43.2 Å². The maximum Gasteiger partial charge on any atom is 0.251 e. The number of carbonyl (C=O) groups is 1. The van der Waals surface area contributed by atoms with Crippen LogP contribution in [0, 0.1) is 0 Å². The van der Waals surface area contributed by atoms with E-state index in [4.69, 9.17) is 10.5 Å². The molecule has 0 spiro atoms. The van der Waals surface area contributed by atoms with E-state index in [-0.39, 0.29) is 18.1 Å². The number of nitrogens with two attached hydrogens (primary N) is 1. The molecule has 1 heterocycles. The normalized spacial score (nSPS) is 32.6. The summed E-state index contributed by atoms with van der Waals surface area (Å²) in [5.41, 5.74) is 5.41. The first-order chi connectivity index (χ1) is 5.15. The Kier molecular flexibility index (Phi) is 2.46. The van der Waals surface area contributed by atoms with Crippen LogP contribution in [0.15, 0.2) is 0 Å². The minimum absolute atomic E-state index is 0.00713. The van der Waals surface area contributed by atoms with Crippen LogP contribution in [0.2, 0.25) is 0 Å². The van der Waals surface area contributed by atoms with Crippen LogP contribution in [0.25, 0.3) is 0 Å². The molecule has 0 saturated carbocycles. The summed E-state index contributed by atoms with van der Waals surface area (Å²) >= 11 is 0. The van der Waals surface area contributed by atoms with Crippen LogP contribution >= 0.6 is 0 Å². The Morgan fingerprint density at radius 2 is 2.45 bits per heavy atom. The minimum Gasteiger partial charge on any atom is -0.362 e. The number of rotatable bonds is 1. The molecule has 0 aromatic heterocycles. The molecule has 4 heteroatoms. The first kappa shape index (κ1) is 8.49. The van der Waals surface area contributed by atoms with E-state index in [1.54, 1.807) is 18.9 Å². The summed E-state index contributed by atoms with van der Waals surface area (Å²) in [5, 5.41) is 0. The van der Waals surface area contributed by atoms with Crippen molar-refractivity contribution in [2.75, 3.05) is 20.1 Å². The first-order valence-corrected chi connectivity index (χ1v) is 3.75. The first-order valence-electron chi connectivity index (χ1n) is 3.75. The number of morpholine rings is 1. The average Bonchev–Trinajstić information content (AvgIpc) is 1.99. The van der Waals surface area contributed by atoms with Crippen LogP contribution in [0.3, 0.4) is 0 Å². The van der Waals surface area contributed by atoms with E-state index in [1.807, 2.05) is 0 Å². The van der Waals surface area contributed by atoms with Crippen molar-refractivity contribution in [3.8, 4) is 0 Å². The number of nitrogens with zero attached hydrogens (tertiary/aromatic N) is 1. The number of amides is 1. The van der Waals surface area contributed by atoms with Crippen molar-refractivity contribution < 1.29 is 9.53 Å². The smallest absolute Gasteiger partial charge is 0.251 e. The van der Waals surface area contributed by atoms with E-state index in [1.165, 1.54) is 0 Å². The molecule has 0 radical (unpaired) electrons. The van der Waals surface area contributed by atoms with Gasteiger partial charge in [-0.1, -0.05) is 0 Å². The van der Waals surface area contributed by atoms with Crippen LogP contribution in [-0.2, 0) is 9.53 Å². The van der Waals surface area contributed by atoms with Gasteiger partial charge in [-0.3, -0.25) is 4.79 Å². The Morgan fingerprint density at radius 3 is 2.91 bits per heavy atom. The molecular weight excluding hydrogens is 144 g/mol. The summed E-state index contributed by atoms with van der Waals surface area (Å²) in [5.74, 6) is 0.0368.